The Balaban J connectivity index is 1.71. The summed E-state index contributed by atoms with van der Waals surface area (Å²) < 4.78 is 5.17. The van der Waals surface area contributed by atoms with Gasteiger partial charge in [-0.15, -0.1) is 0 Å². The summed E-state index contributed by atoms with van der Waals surface area (Å²) in [6.45, 7) is 0.712. The van der Waals surface area contributed by atoms with Crippen molar-refractivity contribution < 1.29 is 14.3 Å². The maximum atomic E-state index is 11.8. The third kappa shape index (κ3) is 2.42. The van der Waals surface area contributed by atoms with Crippen molar-refractivity contribution in [3.05, 3.63) is 29.8 Å². The van der Waals surface area contributed by atoms with Gasteiger partial charge < -0.3 is 10.1 Å². The molecule has 0 bridgehead atoms. The number of nitrogens with one attached hydrogen (secondary N) is 1. The fourth-order valence-corrected chi connectivity index (χ4v) is 2.57. The summed E-state index contributed by atoms with van der Waals surface area (Å²) in [6, 6.07) is 9.82. The van der Waals surface area contributed by atoms with Crippen LogP contribution in [-0.4, -0.2) is 31.7 Å². The van der Waals surface area contributed by atoms with Gasteiger partial charge in [-0.2, -0.15) is 5.26 Å². The third-order valence-electron chi connectivity index (χ3n) is 4.00. The second kappa shape index (κ2) is 5.09. The number of nitriles is 1. The number of anilines is 1. The second-order valence-corrected chi connectivity index (χ2v) is 5.38. The molecule has 1 aliphatic carbocycles. The number of ether oxygens (including phenoxy) is 1. The summed E-state index contributed by atoms with van der Waals surface area (Å²) in [6.07, 6.45) is 1.63. The van der Waals surface area contributed by atoms with Crippen LogP contribution in [-0.2, 0) is 14.9 Å². The predicted octanol–water partition coefficient (Wildman–Crippen LogP) is 1.31. The summed E-state index contributed by atoms with van der Waals surface area (Å²) >= 11 is 0. The Morgan fingerprint density at radius 3 is 2.71 bits per heavy atom. The molecule has 2 amide bonds. The molecule has 6 nitrogen and oxygen atoms in total. The molecule has 2 aliphatic rings. The van der Waals surface area contributed by atoms with E-state index in [1.54, 1.807) is 0 Å². The second-order valence-electron chi connectivity index (χ2n) is 5.38. The van der Waals surface area contributed by atoms with Crippen molar-refractivity contribution in [2.75, 3.05) is 18.0 Å². The third-order valence-corrected chi connectivity index (χ3v) is 4.00. The minimum atomic E-state index is -0.415. The monoisotopic (exact) mass is 285 g/mol. The van der Waals surface area contributed by atoms with Gasteiger partial charge in [-0.25, -0.2) is 4.79 Å². The van der Waals surface area contributed by atoms with E-state index in [4.69, 9.17) is 4.74 Å². The van der Waals surface area contributed by atoms with Gasteiger partial charge >= 0.3 is 6.09 Å². The molecule has 0 spiro atoms. The van der Waals surface area contributed by atoms with Crippen molar-refractivity contribution in [3.63, 3.8) is 0 Å². The molecule has 108 valence electrons. The first kappa shape index (κ1) is 13.4. The quantitative estimate of drug-likeness (QED) is 0.827. The largest absolute Gasteiger partial charge is 0.442 e. The van der Waals surface area contributed by atoms with Crippen LogP contribution in [0.25, 0.3) is 0 Å². The fraction of sp³-hybridized carbons (Fsp3) is 0.400. The normalized spacial score (nSPS) is 22.3. The zero-order chi connectivity index (χ0) is 14.9. The van der Waals surface area contributed by atoms with E-state index in [1.807, 2.05) is 24.3 Å². The van der Waals surface area contributed by atoms with E-state index < -0.39 is 6.09 Å². The highest BCUT2D eigenvalue weighted by atomic mass is 16.6. The Morgan fingerprint density at radius 2 is 2.14 bits per heavy atom. The van der Waals surface area contributed by atoms with Gasteiger partial charge in [0.15, 0.2) is 0 Å². The molecule has 6 heteroatoms. The number of rotatable bonds is 5. The number of cyclic esters (lactones) is 1. The number of hydrogen-bond donors (Lipinski definition) is 1. The summed E-state index contributed by atoms with van der Waals surface area (Å²) in [4.78, 5) is 23.6. The number of amides is 2. The zero-order valence-corrected chi connectivity index (χ0v) is 11.4. The summed E-state index contributed by atoms with van der Waals surface area (Å²) in [5.74, 6) is 0. The standard InChI is InChI=1S/C15H15N3O3/c16-9-15(5-6-15)11-1-3-12(4-2-11)18-8-13(7-17-10-19)21-14(18)20/h1-4,10,13H,5-8H2,(H,17,19)/t13-/m0/s1. The van der Waals surface area contributed by atoms with Crippen LogP contribution in [0.3, 0.4) is 0 Å². The predicted molar refractivity (Wildman–Crippen MR) is 74.6 cm³/mol. The number of hydrogen-bond acceptors (Lipinski definition) is 4. The number of carbonyl (C=O) groups is 2. The van der Waals surface area contributed by atoms with Crippen molar-refractivity contribution in [2.24, 2.45) is 0 Å². The van der Waals surface area contributed by atoms with Crippen molar-refractivity contribution in [3.8, 4) is 6.07 Å². The molecule has 1 heterocycles. The van der Waals surface area contributed by atoms with Crippen LogP contribution in [0.15, 0.2) is 24.3 Å². The van der Waals surface area contributed by atoms with Gasteiger partial charge in [0.05, 0.1) is 24.6 Å². The summed E-state index contributed by atoms with van der Waals surface area (Å²) in [5, 5.41) is 11.7. The van der Waals surface area contributed by atoms with E-state index in [-0.39, 0.29) is 11.5 Å². The highest BCUT2D eigenvalue weighted by Gasteiger charge is 2.44. The molecule has 1 aromatic carbocycles. The summed E-state index contributed by atoms with van der Waals surface area (Å²) in [7, 11) is 0. The molecule has 0 unspecified atom stereocenters. The SMILES string of the molecule is N#CC1(c2ccc(N3C[C@H](CNC=O)OC3=O)cc2)CC1. The number of benzene rings is 1. The average molecular weight is 285 g/mol. The molecule has 0 radical (unpaired) electrons. The molecular weight excluding hydrogens is 270 g/mol. The Morgan fingerprint density at radius 1 is 1.43 bits per heavy atom. The van der Waals surface area contributed by atoms with Gasteiger partial charge in [0.1, 0.15) is 6.10 Å². The summed E-state index contributed by atoms with van der Waals surface area (Å²) in [5.41, 5.74) is 1.42. The minimum absolute atomic E-state index is 0.307. The molecule has 1 aliphatic heterocycles. The van der Waals surface area contributed by atoms with Crippen molar-refractivity contribution in [1.29, 1.82) is 5.26 Å². The highest BCUT2D eigenvalue weighted by Crippen LogP contribution is 2.47. The molecule has 0 aromatic heterocycles. The van der Waals surface area contributed by atoms with Crippen molar-refractivity contribution in [2.45, 2.75) is 24.4 Å². The lowest BCUT2D eigenvalue weighted by atomic mass is 9.97. The van der Waals surface area contributed by atoms with E-state index >= 15 is 0 Å². The van der Waals surface area contributed by atoms with Gasteiger partial charge in [-0.05, 0) is 30.5 Å². The lowest BCUT2D eigenvalue weighted by Gasteiger charge is -2.14. The van der Waals surface area contributed by atoms with Crippen molar-refractivity contribution >= 4 is 18.2 Å². The van der Waals surface area contributed by atoms with Crippen molar-refractivity contribution in [1.82, 2.24) is 5.32 Å². The molecular formula is C15H15N3O3. The average Bonchev–Trinajstić information content (AvgIpc) is 3.23. The molecule has 21 heavy (non-hydrogen) atoms. The molecule has 1 saturated carbocycles. The van der Waals surface area contributed by atoms with Gasteiger partial charge in [0.25, 0.3) is 0 Å². The molecule has 3 rings (SSSR count). The molecule has 1 atom stereocenters. The van der Waals surface area contributed by atoms with E-state index in [2.05, 4.69) is 11.4 Å². The Bertz CT molecular complexity index is 602. The fourth-order valence-electron chi connectivity index (χ4n) is 2.57. The van der Waals surface area contributed by atoms with E-state index in [0.717, 1.165) is 24.1 Å². The van der Waals surface area contributed by atoms with Crippen LogP contribution in [0.1, 0.15) is 18.4 Å². The van der Waals surface area contributed by atoms with Crippen LogP contribution in [0.4, 0.5) is 10.5 Å². The lowest BCUT2D eigenvalue weighted by Crippen LogP contribution is -2.30. The number of carbonyl (C=O) groups excluding carboxylic acids is 2. The first-order chi connectivity index (χ1) is 10.2. The highest BCUT2D eigenvalue weighted by molar-refractivity contribution is 5.89. The van der Waals surface area contributed by atoms with E-state index in [9.17, 15) is 14.9 Å². The number of nitrogens with zero attached hydrogens (tertiary/aromatic N) is 2. The van der Waals surface area contributed by atoms with Gasteiger partial charge in [0.2, 0.25) is 6.41 Å². The van der Waals surface area contributed by atoms with Crippen LogP contribution >= 0.6 is 0 Å². The lowest BCUT2D eigenvalue weighted by molar-refractivity contribution is -0.109. The minimum Gasteiger partial charge on any atom is -0.442 e. The maximum Gasteiger partial charge on any atom is 0.414 e. The first-order valence-corrected chi connectivity index (χ1v) is 6.85. The zero-order valence-electron chi connectivity index (χ0n) is 11.4. The Labute approximate surface area is 122 Å². The molecule has 1 N–H and O–H groups in total. The van der Waals surface area contributed by atoms with E-state index in [0.29, 0.717) is 19.5 Å². The van der Waals surface area contributed by atoms with Crippen LogP contribution < -0.4 is 10.2 Å². The van der Waals surface area contributed by atoms with Crippen LogP contribution in [0.2, 0.25) is 0 Å². The Kier molecular flexibility index (Phi) is 3.26. The van der Waals surface area contributed by atoms with Crippen LogP contribution in [0, 0.1) is 11.3 Å². The Hall–Kier alpha value is -2.55. The first-order valence-electron chi connectivity index (χ1n) is 6.85. The van der Waals surface area contributed by atoms with Gasteiger partial charge in [-0.1, -0.05) is 12.1 Å². The smallest absolute Gasteiger partial charge is 0.414 e. The maximum absolute atomic E-state index is 11.8. The van der Waals surface area contributed by atoms with Gasteiger partial charge in [0, 0.05) is 5.69 Å². The molecule has 1 aromatic rings. The van der Waals surface area contributed by atoms with Crippen LogP contribution in [0.5, 0.6) is 0 Å². The topological polar surface area (TPSA) is 82.4 Å². The van der Waals surface area contributed by atoms with Gasteiger partial charge in [-0.3, -0.25) is 9.69 Å². The molecule has 2 fully saturated rings. The molecule has 1 saturated heterocycles. The van der Waals surface area contributed by atoms with E-state index in [1.165, 1.54) is 4.90 Å².